The Kier molecular flexibility index (Phi) is 4.93. The molecule has 0 bridgehead atoms. The van der Waals surface area contributed by atoms with Gasteiger partial charge in [-0.1, -0.05) is 24.3 Å². The molecule has 0 atom stereocenters. The highest BCUT2D eigenvalue weighted by atomic mass is 19.1. The quantitative estimate of drug-likeness (QED) is 0.750. The Morgan fingerprint density at radius 3 is 2.76 bits per heavy atom. The van der Waals surface area contributed by atoms with E-state index in [0.29, 0.717) is 24.0 Å². The molecule has 2 aromatic carbocycles. The molecule has 0 saturated heterocycles. The third kappa shape index (κ3) is 4.12. The maximum absolute atomic E-state index is 13.5. The number of hydrogen-bond acceptors (Lipinski definition) is 2. The van der Waals surface area contributed by atoms with E-state index in [1.165, 1.54) is 6.07 Å². The summed E-state index contributed by atoms with van der Waals surface area (Å²) >= 11 is 0. The first-order chi connectivity index (χ1) is 12.0. The molecule has 5 heteroatoms. The number of benzene rings is 2. The van der Waals surface area contributed by atoms with Crippen molar-refractivity contribution in [1.82, 2.24) is 10.3 Å². The van der Waals surface area contributed by atoms with Crippen LogP contribution in [0.3, 0.4) is 0 Å². The average molecular weight is 338 g/mol. The number of H-pyrrole nitrogens is 1. The topological polar surface area (TPSA) is 62.0 Å². The van der Waals surface area contributed by atoms with E-state index >= 15 is 0 Å². The smallest absolute Gasteiger partial charge is 0.251 e. The second kappa shape index (κ2) is 7.30. The number of nitrogens with one attached hydrogen (secondary N) is 2. The summed E-state index contributed by atoms with van der Waals surface area (Å²) in [5, 5.41) is 3.68. The van der Waals surface area contributed by atoms with E-state index in [4.69, 9.17) is 0 Å². The first-order valence-corrected chi connectivity index (χ1v) is 8.15. The molecule has 128 valence electrons. The van der Waals surface area contributed by atoms with Gasteiger partial charge in [-0.25, -0.2) is 4.39 Å². The molecule has 0 aliphatic heterocycles. The lowest BCUT2D eigenvalue weighted by Crippen LogP contribution is -2.23. The van der Waals surface area contributed by atoms with Crippen molar-refractivity contribution in [3.05, 3.63) is 81.4 Å². The predicted molar refractivity (Wildman–Crippen MR) is 95.9 cm³/mol. The molecule has 3 rings (SSSR count). The van der Waals surface area contributed by atoms with Crippen LogP contribution >= 0.6 is 0 Å². The monoisotopic (exact) mass is 338 g/mol. The number of aromatic nitrogens is 1. The number of carbonyl (C=O) groups excluding carboxylic acids is 1. The third-order valence-electron chi connectivity index (χ3n) is 4.17. The number of fused-ring (bicyclic) bond motifs is 1. The molecule has 0 unspecified atom stereocenters. The highest BCUT2D eigenvalue weighted by Gasteiger charge is 2.06. The summed E-state index contributed by atoms with van der Waals surface area (Å²) in [7, 11) is 0. The number of halogens is 1. The standard InChI is InChI=1S/C20H19FN2O2/c1-13-10-16-11-14(6-8-18(16)23-20(13)25)7-9-19(24)22-12-15-4-2-3-5-17(15)21/h2-6,8,10-11H,7,9,12H2,1H3,(H,22,24)(H,23,25). The van der Waals surface area contributed by atoms with Crippen LogP contribution in [0.2, 0.25) is 0 Å². The van der Waals surface area contributed by atoms with Crippen molar-refractivity contribution >= 4 is 16.8 Å². The lowest BCUT2D eigenvalue weighted by atomic mass is 10.1. The van der Waals surface area contributed by atoms with Gasteiger partial charge in [0.25, 0.3) is 5.56 Å². The first kappa shape index (κ1) is 16.9. The van der Waals surface area contributed by atoms with Crippen molar-refractivity contribution in [3.63, 3.8) is 0 Å². The van der Waals surface area contributed by atoms with Gasteiger partial charge in [-0.2, -0.15) is 0 Å². The van der Waals surface area contributed by atoms with Crippen LogP contribution in [-0.2, 0) is 17.8 Å². The zero-order valence-electron chi connectivity index (χ0n) is 13.9. The Hall–Kier alpha value is -2.95. The number of pyridine rings is 1. The van der Waals surface area contributed by atoms with Crippen molar-refractivity contribution in [3.8, 4) is 0 Å². The molecular formula is C20H19FN2O2. The Morgan fingerprint density at radius 1 is 1.16 bits per heavy atom. The maximum atomic E-state index is 13.5. The molecule has 1 aromatic heterocycles. The van der Waals surface area contributed by atoms with Crippen LogP contribution in [0.5, 0.6) is 0 Å². The summed E-state index contributed by atoms with van der Waals surface area (Å²) in [6.45, 7) is 1.95. The second-order valence-electron chi connectivity index (χ2n) is 6.07. The van der Waals surface area contributed by atoms with Gasteiger partial charge in [-0.15, -0.1) is 0 Å². The van der Waals surface area contributed by atoms with Crippen LogP contribution in [0.15, 0.2) is 53.3 Å². The van der Waals surface area contributed by atoms with E-state index in [1.54, 1.807) is 25.1 Å². The zero-order valence-corrected chi connectivity index (χ0v) is 13.9. The lowest BCUT2D eigenvalue weighted by molar-refractivity contribution is -0.121. The minimum absolute atomic E-state index is 0.0900. The lowest BCUT2D eigenvalue weighted by Gasteiger charge is -2.07. The molecule has 25 heavy (non-hydrogen) atoms. The van der Waals surface area contributed by atoms with Crippen molar-refractivity contribution in [2.45, 2.75) is 26.3 Å². The molecule has 0 aliphatic rings. The van der Waals surface area contributed by atoms with Crippen molar-refractivity contribution in [1.29, 1.82) is 0 Å². The summed E-state index contributed by atoms with van der Waals surface area (Å²) in [6, 6.07) is 14.0. The fraction of sp³-hybridized carbons (Fsp3) is 0.200. The summed E-state index contributed by atoms with van der Waals surface area (Å²) < 4.78 is 13.5. The van der Waals surface area contributed by atoms with Crippen LogP contribution in [0, 0.1) is 12.7 Å². The van der Waals surface area contributed by atoms with Crippen molar-refractivity contribution < 1.29 is 9.18 Å². The molecule has 4 nitrogen and oxygen atoms in total. The van der Waals surface area contributed by atoms with E-state index in [-0.39, 0.29) is 23.8 Å². The molecule has 1 amide bonds. The Balaban J connectivity index is 1.60. The molecule has 0 fully saturated rings. The van der Waals surface area contributed by atoms with Crippen LogP contribution in [0.25, 0.3) is 10.9 Å². The summed E-state index contributed by atoms with van der Waals surface area (Å²) in [5.74, 6) is -0.442. The number of aromatic amines is 1. The van der Waals surface area contributed by atoms with Crippen LogP contribution in [0.4, 0.5) is 4.39 Å². The fourth-order valence-corrected chi connectivity index (χ4v) is 2.70. The SMILES string of the molecule is Cc1cc2cc(CCC(=O)NCc3ccccc3F)ccc2[nH]c1=O. The molecule has 0 aliphatic carbocycles. The van der Waals surface area contributed by atoms with Gasteiger partial charge in [0.05, 0.1) is 0 Å². The Labute approximate surface area is 144 Å². The van der Waals surface area contributed by atoms with Gasteiger partial charge < -0.3 is 10.3 Å². The predicted octanol–water partition coefficient (Wildman–Crippen LogP) is 3.22. The van der Waals surface area contributed by atoms with Crippen molar-refractivity contribution in [2.75, 3.05) is 0 Å². The van der Waals surface area contributed by atoms with Crippen LogP contribution in [0.1, 0.15) is 23.1 Å². The Bertz CT molecular complexity index is 979. The van der Waals surface area contributed by atoms with Gasteiger partial charge in [-0.3, -0.25) is 9.59 Å². The molecule has 0 spiro atoms. The zero-order chi connectivity index (χ0) is 17.8. The number of rotatable bonds is 5. The average Bonchev–Trinajstić information content (AvgIpc) is 2.60. The van der Waals surface area contributed by atoms with Gasteiger partial charge in [0, 0.05) is 29.6 Å². The highest BCUT2D eigenvalue weighted by molar-refractivity contribution is 5.80. The molecule has 0 radical (unpaired) electrons. The molecule has 0 saturated carbocycles. The molecule has 1 heterocycles. The summed E-state index contributed by atoms with van der Waals surface area (Å²) in [6.07, 6.45) is 0.902. The maximum Gasteiger partial charge on any atom is 0.251 e. The van der Waals surface area contributed by atoms with E-state index in [1.807, 2.05) is 24.3 Å². The van der Waals surface area contributed by atoms with E-state index in [0.717, 1.165) is 16.5 Å². The number of hydrogen-bond donors (Lipinski definition) is 2. The fourth-order valence-electron chi connectivity index (χ4n) is 2.70. The van der Waals surface area contributed by atoms with Gasteiger partial charge in [0.1, 0.15) is 5.82 Å². The summed E-state index contributed by atoms with van der Waals surface area (Å²) in [4.78, 5) is 26.4. The van der Waals surface area contributed by atoms with Gasteiger partial charge in [0.15, 0.2) is 0 Å². The Morgan fingerprint density at radius 2 is 1.96 bits per heavy atom. The third-order valence-corrected chi connectivity index (χ3v) is 4.17. The van der Waals surface area contributed by atoms with E-state index in [9.17, 15) is 14.0 Å². The number of amides is 1. The van der Waals surface area contributed by atoms with Gasteiger partial charge >= 0.3 is 0 Å². The molecule has 2 N–H and O–H groups in total. The van der Waals surface area contributed by atoms with E-state index in [2.05, 4.69) is 10.3 Å². The normalized spacial score (nSPS) is 10.8. The minimum atomic E-state index is -0.318. The second-order valence-corrected chi connectivity index (χ2v) is 6.07. The molecular weight excluding hydrogens is 319 g/mol. The number of aryl methyl sites for hydroxylation is 2. The summed E-state index contributed by atoms with van der Waals surface area (Å²) in [5.41, 5.74) is 2.84. The minimum Gasteiger partial charge on any atom is -0.352 e. The van der Waals surface area contributed by atoms with Crippen LogP contribution in [-0.4, -0.2) is 10.9 Å². The van der Waals surface area contributed by atoms with E-state index < -0.39 is 0 Å². The number of carbonyl (C=O) groups is 1. The van der Waals surface area contributed by atoms with Gasteiger partial charge in [-0.05, 0) is 48.6 Å². The van der Waals surface area contributed by atoms with Crippen molar-refractivity contribution in [2.24, 2.45) is 0 Å². The largest absolute Gasteiger partial charge is 0.352 e. The van der Waals surface area contributed by atoms with Crippen LogP contribution < -0.4 is 10.9 Å². The molecule has 3 aromatic rings. The first-order valence-electron chi connectivity index (χ1n) is 8.15. The van der Waals surface area contributed by atoms with Gasteiger partial charge in [0.2, 0.25) is 5.91 Å². The highest BCUT2D eigenvalue weighted by Crippen LogP contribution is 2.15.